The maximum Gasteiger partial charge on any atom is 0.0679 e. The second-order valence-corrected chi connectivity index (χ2v) is 5.51. The molecule has 17 heavy (non-hydrogen) atoms. The normalized spacial score (nSPS) is 26.5. The Labute approximate surface area is 105 Å². The molecule has 0 aromatic heterocycles. The zero-order chi connectivity index (χ0) is 12.1. The van der Waals surface area contributed by atoms with Crippen LogP contribution >= 0.6 is 0 Å². The van der Waals surface area contributed by atoms with Gasteiger partial charge in [0, 0.05) is 38.8 Å². The van der Waals surface area contributed by atoms with Crippen LogP contribution < -0.4 is 5.73 Å². The van der Waals surface area contributed by atoms with E-state index in [-0.39, 0.29) is 6.10 Å². The molecular formula is C13H27N3O. The summed E-state index contributed by atoms with van der Waals surface area (Å²) in [5.41, 5.74) is 5.45. The van der Waals surface area contributed by atoms with Crippen LogP contribution in [0.5, 0.6) is 0 Å². The summed E-state index contributed by atoms with van der Waals surface area (Å²) in [6, 6.07) is 0.853. The third-order valence-corrected chi connectivity index (χ3v) is 4.22. The molecule has 1 saturated heterocycles. The lowest BCUT2D eigenvalue weighted by Gasteiger charge is -2.38. The molecule has 1 unspecified atom stereocenters. The number of piperazine rings is 1. The average molecular weight is 241 g/mol. The predicted molar refractivity (Wildman–Crippen MR) is 69.9 cm³/mol. The van der Waals surface area contributed by atoms with Gasteiger partial charge in [-0.2, -0.15) is 0 Å². The Kier molecular flexibility index (Phi) is 5.22. The molecule has 3 N–H and O–H groups in total. The molecule has 0 bridgehead atoms. The van der Waals surface area contributed by atoms with Crippen molar-refractivity contribution in [1.29, 1.82) is 0 Å². The summed E-state index contributed by atoms with van der Waals surface area (Å²) in [7, 11) is 0. The molecule has 0 amide bonds. The van der Waals surface area contributed by atoms with Crippen LogP contribution in [0.1, 0.15) is 32.1 Å². The second-order valence-electron chi connectivity index (χ2n) is 5.51. The van der Waals surface area contributed by atoms with E-state index >= 15 is 0 Å². The molecule has 0 radical (unpaired) electrons. The number of hydrogen-bond acceptors (Lipinski definition) is 4. The summed E-state index contributed by atoms with van der Waals surface area (Å²) in [6.07, 6.45) is 6.12. The minimum absolute atomic E-state index is 0.238. The van der Waals surface area contributed by atoms with Crippen molar-refractivity contribution >= 4 is 0 Å². The molecule has 4 nitrogen and oxygen atoms in total. The molecule has 1 aliphatic heterocycles. The number of nitrogens with two attached hydrogens (primary N) is 1. The molecule has 0 aromatic carbocycles. The molecule has 2 rings (SSSR count). The van der Waals surface area contributed by atoms with E-state index in [1.807, 2.05) is 0 Å². The van der Waals surface area contributed by atoms with Gasteiger partial charge in [-0.3, -0.25) is 9.80 Å². The van der Waals surface area contributed by atoms with E-state index in [0.29, 0.717) is 6.54 Å². The first-order valence-electron chi connectivity index (χ1n) is 7.14. The van der Waals surface area contributed by atoms with Gasteiger partial charge in [0.25, 0.3) is 0 Å². The first-order chi connectivity index (χ1) is 8.29. The average Bonchev–Trinajstić information content (AvgIpc) is 2.84. The van der Waals surface area contributed by atoms with Crippen molar-refractivity contribution < 1.29 is 5.11 Å². The van der Waals surface area contributed by atoms with Crippen LogP contribution in [0.2, 0.25) is 0 Å². The van der Waals surface area contributed by atoms with E-state index in [0.717, 1.165) is 32.1 Å². The maximum absolute atomic E-state index is 9.74. The Morgan fingerprint density at radius 2 is 1.76 bits per heavy atom. The van der Waals surface area contributed by atoms with E-state index in [4.69, 9.17) is 5.73 Å². The molecule has 4 heteroatoms. The second kappa shape index (κ2) is 6.69. The van der Waals surface area contributed by atoms with Gasteiger partial charge in [0.1, 0.15) is 0 Å². The van der Waals surface area contributed by atoms with Crippen LogP contribution in [0, 0.1) is 0 Å². The molecular weight excluding hydrogens is 214 g/mol. The lowest BCUT2D eigenvalue weighted by molar-refractivity contribution is 0.0552. The molecule has 2 aliphatic rings. The van der Waals surface area contributed by atoms with Gasteiger partial charge in [-0.25, -0.2) is 0 Å². The number of β-amino-alcohol motifs (C(OH)–C–C–N with tert-alkyl or cyclic N) is 1. The summed E-state index contributed by atoms with van der Waals surface area (Å²) < 4.78 is 0. The lowest BCUT2D eigenvalue weighted by atomic mass is 10.1. The van der Waals surface area contributed by atoms with Gasteiger partial charge in [0.15, 0.2) is 0 Å². The van der Waals surface area contributed by atoms with Gasteiger partial charge in [-0.1, -0.05) is 12.8 Å². The number of aliphatic hydroxyl groups excluding tert-OH is 1. The highest BCUT2D eigenvalue weighted by Crippen LogP contribution is 2.24. The summed E-state index contributed by atoms with van der Waals surface area (Å²) in [5.74, 6) is 0. The van der Waals surface area contributed by atoms with Crippen molar-refractivity contribution in [3.8, 4) is 0 Å². The van der Waals surface area contributed by atoms with E-state index in [9.17, 15) is 5.11 Å². The predicted octanol–water partition coefficient (Wildman–Crippen LogP) is 0.256. The van der Waals surface area contributed by atoms with Gasteiger partial charge in [-0.05, 0) is 25.8 Å². The highest BCUT2D eigenvalue weighted by molar-refractivity contribution is 4.82. The van der Waals surface area contributed by atoms with Crippen LogP contribution in [0.15, 0.2) is 0 Å². The minimum Gasteiger partial charge on any atom is -0.392 e. The first-order valence-corrected chi connectivity index (χ1v) is 7.14. The number of nitrogens with zero attached hydrogens (tertiary/aromatic N) is 2. The highest BCUT2D eigenvalue weighted by Gasteiger charge is 2.26. The molecule has 1 heterocycles. The SMILES string of the molecule is NCCC(O)CN1CCN(C2CCCC2)CC1. The third kappa shape index (κ3) is 3.91. The lowest BCUT2D eigenvalue weighted by Crippen LogP contribution is -2.51. The molecule has 1 atom stereocenters. The number of rotatable bonds is 5. The van der Waals surface area contributed by atoms with Crippen LogP contribution in [0.3, 0.4) is 0 Å². The Bertz CT molecular complexity index is 211. The van der Waals surface area contributed by atoms with E-state index in [2.05, 4.69) is 9.80 Å². The zero-order valence-corrected chi connectivity index (χ0v) is 10.9. The van der Waals surface area contributed by atoms with Crippen LogP contribution in [-0.2, 0) is 0 Å². The maximum atomic E-state index is 9.74. The number of hydrogen-bond donors (Lipinski definition) is 2. The third-order valence-electron chi connectivity index (χ3n) is 4.22. The monoisotopic (exact) mass is 241 g/mol. The molecule has 1 aliphatic carbocycles. The van der Waals surface area contributed by atoms with Crippen molar-refractivity contribution in [3.05, 3.63) is 0 Å². The van der Waals surface area contributed by atoms with Gasteiger partial charge in [0.05, 0.1) is 6.10 Å². The fourth-order valence-electron chi connectivity index (χ4n) is 3.16. The molecule has 2 fully saturated rings. The smallest absolute Gasteiger partial charge is 0.0679 e. The van der Waals surface area contributed by atoms with E-state index in [1.165, 1.54) is 38.8 Å². The van der Waals surface area contributed by atoms with Crippen molar-refractivity contribution in [2.24, 2.45) is 5.73 Å². The topological polar surface area (TPSA) is 52.7 Å². The van der Waals surface area contributed by atoms with Gasteiger partial charge < -0.3 is 10.8 Å². The van der Waals surface area contributed by atoms with Gasteiger partial charge >= 0.3 is 0 Å². The largest absolute Gasteiger partial charge is 0.392 e. The Morgan fingerprint density at radius 1 is 1.12 bits per heavy atom. The highest BCUT2D eigenvalue weighted by atomic mass is 16.3. The van der Waals surface area contributed by atoms with Crippen LogP contribution in [0.4, 0.5) is 0 Å². The minimum atomic E-state index is -0.238. The van der Waals surface area contributed by atoms with Crippen molar-refractivity contribution in [1.82, 2.24) is 9.80 Å². The Balaban J connectivity index is 1.66. The van der Waals surface area contributed by atoms with Crippen LogP contribution in [0.25, 0.3) is 0 Å². The Hall–Kier alpha value is -0.160. The van der Waals surface area contributed by atoms with E-state index < -0.39 is 0 Å². The Morgan fingerprint density at radius 3 is 2.35 bits per heavy atom. The van der Waals surface area contributed by atoms with Crippen molar-refractivity contribution in [3.63, 3.8) is 0 Å². The fraction of sp³-hybridized carbons (Fsp3) is 1.00. The zero-order valence-electron chi connectivity index (χ0n) is 10.9. The molecule has 100 valence electrons. The van der Waals surface area contributed by atoms with Crippen LogP contribution in [-0.4, -0.2) is 66.3 Å². The number of aliphatic hydroxyl groups is 1. The summed E-state index contributed by atoms with van der Waals surface area (Å²) >= 11 is 0. The summed E-state index contributed by atoms with van der Waals surface area (Å²) in [5, 5.41) is 9.74. The molecule has 1 saturated carbocycles. The van der Waals surface area contributed by atoms with Gasteiger partial charge in [-0.15, -0.1) is 0 Å². The van der Waals surface area contributed by atoms with Crippen molar-refractivity contribution in [2.45, 2.75) is 44.2 Å². The van der Waals surface area contributed by atoms with Gasteiger partial charge in [0.2, 0.25) is 0 Å². The summed E-state index contributed by atoms with van der Waals surface area (Å²) in [6.45, 7) is 5.97. The fourth-order valence-corrected chi connectivity index (χ4v) is 3.16. The van der Waals surface area contributed by atoms with E-state index in [1.54, 1.807) is 0 Å². The molecule has 0 spiro atoms. The quantitative estimate of drug-likeness (QED) is 0.725. The first kappa shape index (κ1) is 13.3. The standard InChI is InChI=1S/C13H27N3O/c14-6-5-13(17)11-15-7-9-16(10-8-15)12-3-1-2-4-12/h12-13,17H,1-11,14H2. The van der Waals surface area contributed by atoms with Crippen molar-refractivity contribution in [2.75, 3.05) is 39.3 Å². The molecule has 0 aromatic rings. The summed E-state index contributed by atoms with van der Waals surface area (Å²) in [4.78, 5) is 5.03.